The van der Waals surface area contributed by atoms with Crippen LogP contribution in [0.1, 0.15) is 5.56 Å². The zero-order chi connectivity index (χ0) is 25.2. The van der Waals surface area contributed by atoms with Crippen LogP contribution in [0.15, 0.2) is 60.7 Å². The van der Waals surface area contributed by atoms with Crippen LogP contribution in [0.25, 0.3) is 0 Å². The molecule has 35 heavy (non-hydrogen) atoms. The maximum Gasteiger partial charge on any atom is 0.327 e. The molecule has 0 aromatic heterocycles. The second-order valence-corrected chi connectivity index (χ2v) is 8.99. The lowest BCUT2D eigenvalue weighted by Gasteiger charge is -2.32. The molecule has 1 N–H and O–H groups in total. The van der Waals surface area contributed by atoms with Crippen molar-refractivity contribution in [2.75, 3.05) is 34.4 Å². The molecular formula is C26H29N3O6. The first kappa shape index (κ1) is 24.4. The third kappa shape index (κ3) is 4.51. The summed E-state index contributed by atoms with van der Waals surface area (Å²) in [5, 5.41) is 3.27. The lowest BCUT2D eigenvalue weighted by molar-refractivity contribution is -0.153. The smallest absolute Gasteiger partial charge is 0.327 e. The van der Waals surface area contributed by atoms with Crippen molar-refractivity contribution >= 4 is 23.7 Å². The predicted octanol–water partition coefficient (Wildman–Crippen LogP) is 0.881. The first-order valence-corrected chi connectivity index (χ1v) is 11.4. The van der Waals surface area contributed by atoms with E-state index in [4.69, 9.17) is 9.47 Å². The number of nitrogens with zero attached hydrogens (tertiary/aromatic N) is 2. The Morgan fingerprint density at radius 1 is 1.03 bits per heavy atom. The Hall–Kier alpha value is -3.72. The van der Waals surface area contributed by atoms with E-state index in [1.54, 1.807) is 19.2 Å². The fourth-order valence-corrected chi connectivity index (χ4v) is 5.12. The summed E-state index contributed by atoms with van der Waals surface area (Å²) in [4.78, 5) is 54.8. The number of hydrogen-bond donors (Lipinski definition) is 1. The van der Waals surface area contributed by atoms with E-state index >= 15 is 0 Å². The molecule has 184 valence electrons. The van der Waals surface area contributed by atoms with Crippen LogP contribution < -0.4 is 10.1 Å². The maximum atomic E-state index is 13.2. The van der Waals surface area contributed by atoms with E-state index < -0.39 is 35.3 Å². The van der Waals surface area contributed by atoms with Crippen molar-refractivity contribution < 1.29 is 28.7 Å². The third-order valence-corrected chi connectivity index (χ3v) is 6.86. The number of methoxy groups -OCH3 is 1. The topological polar surface area (TPSA) is 105 Å². The number of benzene rings is 2. The van der Waals surface area contributed by atoms with Gasteiger partial charge in [0.15, 0.2) is 6.61 Å². The number of esters is 1. The summed E-state index contributed by atoms with van der Waals surface area (Å²) in [5.41, 5.74) is -0.617. The number of carbonyl (C=O) groups is 4. The molecule has 9 nitrogen and oxygen atoms in total. The molecule has 4 rings (SSSR count). The van der Waals surface area contributed by atoms with Gasteiger partial charge in [-0.25, -0.2) is 0 Å². The van der Waals surface area contributed by atoms with Gasteiger partial charge in [0.1, 0.15) is 11.3 Å². The highest BCUT2D eigenvalue weighted by atomic mass is 16.5. The molecule has 2 aromatic rings. The lowest BCUT2D eigenvalue weighted by atomic mass is 9.76. The maximum absolute atomic E-state index is 13.2. The number of rotatable bonds is 8. The first-order valence-electron chi connectivity index (χ1n) is 11.4. The van der Waals surface area contributed by atoms with E-state index in [1.807, 2.05) is 48.5 Å². The van der Waals surface area contributed by atoms with E-state index in [-0.39, 0.29) is 31.4 Å². The summed E-state index contributed by atoms with van der Waals surface area (Å²) in [5.74, 6) is -2.90. The second kappa shape index (κ2) is 9.87. The molecule has 2 saturated heterocycles. The average molecular weight is 480 g/mol. The quantitative estimate of drug-likeness (QED) is 0.443. The van der Waals surface area contributed by atoms with Gasteiger partial charge in [-0.2, -0.15) is 0 Å². The van der Waals surface area contributed by atoms with Crippen LogP contribution in [0.5, 0.6) is 5.75 Å². The van der Waals surface area contributed by atoms with E-state index in [2.05, 4.69) is 5.32 Å². The van der Waals surface area contributed by atoms with Gasteiger partial charge in [0.2, 0.25) is 11.8 Å². The van der Waals surface area contributed by atoms with Crippen LogP contribution in [0.3, 0.4) is 0 Å². The highest BCUT2D eigenvalue weighted by molar-refractivity contribution is 6.09. The zero-order valence-electron chi connectivity index (χ0n) is 20.0. The lowest BCUT2D eigenvalue weighted by Crippen LogP contribution is -2.59. The number of imide groups is 1. The SMILES string of the molecule is COC(=O)[C@]1(Cc2ccccc2)N[C@H](CN(C)C(=O)COc2ccccc2)[C@@H]2C(=O)N(C)C(=O)[C@@H]21. The minimum atomic E-state index is -1.44. The van der Waals surface area contributed by atoms with Gasteiger partial charge in [-0.05, 0) is 17.7 Å². The highest BCUT2D eigenvalue weighted by Crippen LogP contribution is 2.44. The predicted molar refractivity (Wildman–Crippen MR) is 126 cm³/mol. The molecule has 2 aliphatic rings. The number of fused-ring (bicyclic) bond motifs is 1. The van der Waals surface area contributed by atoms with Gasteiger partial charge < -0.3 is 14.4 Å². The number of para-hydroxylation sites is 1. The fourth-order valence-electron chi connectivity index (χ4n) is 5.12. The summed E-state index contributed by atoms with van der Waals surface area (Å²) in [6, 6.07) is 17.6. The summed E-state index contributed by atoms with van der Waals surface area (Å²) in [6.07, 6.45) is 0.166. The van der Waals surface area contributed by atoms with Crippen molar-refractivity contribution in [2.45, 2.75) is 18.0 Å². The van der Waals surface area contributed by atoms with Crippen LogP contribution in [0.2, 0.25) is 0 Å². The van der Waals surface area contributed by atoms with Gasteiger partial charge in [0, 0.05) is 33.1 Å². The summed E-state index contributed by atoms with van der Waals surface area (Å²) in [6.45, 7) is -0.0706. The second-order valence-electron chi connectivity index (χ2n) is 8.99. The number of amides is 3. The molecule has 0 aliphatic carbocycles. The molecular weight excluding hydrogens is 450 g/mol. The van der Waals surface area contributed by atoms with Crippen molar-refractivity contribution in [2.24, 2.45) is 11.8 Å². The van der Waals surface area contributed by atoms with Gasteiger partial charge >= 0.3 is 5.97 Å². The van der Waals surface area contributed by atoms with Gasteiger partial charge in [0.05, 0.1) is 18.9 Å². The van der Waals surface area contributed by atoms with Crippen molar-refractivity contribution in [1.82, 2.24) is 15.1 Å². The van der Waals surface area contributed by atoms with Crippen molar-refractivity contribution in [3.05, 3.63) is 66.2 Å². The molecule has 2 heterocycles. The van der Waals surface area contributed by atoms with E-state index in [1.165, 1.54) is 19.1 Å². The van der Waals surface area contributed by atoms with Crippen LogP contribution >= 0.6 is 0 Å². The van der Waals surface area contributed by atoms with Gasteiger partial charge in [-0.1, -0.05) is 48.5 Å². The molecule has 2 fully saturated rings. The van der Waals surface area contributed by atoms with Gasteiger partial charge in [-0.3, -0.25) is 29.4 Å². The average Bonchev–Trinajstić information content (AvgIpc) is 3.31. The standard InChI is InChI=1S/C26H29N3O6/c1-28(20(30)16-35-18-12-8-5-9-13-18)15-19-21-22(24(32)29(2)23(21)31)26(27-19,25(33)34-3)14-17-10-6-4-7-11-17/h4-13,19,21-22,27H,14-16H2,1-3H3/t19-,21+,22-,26-/m1/s1. The van der Waals surface area contributed by atoms with Crippen molar-refractivity contribution in [1.29, 1.82) is 0 Å². The van der Waals surface area contributed by atoms with Crippen LogP contribution in [-0.4, -0.2) is 79.4 Å². The minimum Gasteiger partial charge on any atom is -0.484 e. The largest absolute Gasteiger partial charge is 0.484 e. The summed E-state index contributed by atoms with van der Waals surface area (Å²) >= 11 is 0. The Labute approximate surface area is 204 Å². The molecule has 9 heteroatoms. The number of likely N-dealkylation sites (tertiary alicyclic amines) is 1. The van der Waals surface area contributed by atoms with Crippen molar-refractivity contribution in [3.63, 3.8) is 0 Å². The number of hydrogen-bond acceptors (Lipinski definition) is 7. The Bertz CT molecular complexity index is 1110. The van der Waals surface area contributed by atoms with Crippen LogP contribution in [0.4, 0.5) is 0 Å². The van der Waals surface area contributed by atoms with Gasteiger partial charge in [0.25, 0.3) is 5.91 Å². The molecule has 0 unspecified atom stereocenters. The van der Waals surface area contributed by atoms with Crippen LogP contribution in [0, 0.1) is 11.8 Å². The molecule has 0 bridgehead atoms. The Morgan fingerprint density at radius 3 is 2.29 bits per heavy atom. The summed E-state index contributed by atoms with van der Waals surface area (Å²) < 4.78 is 10.7. The molecule has 0 radical (unpaired) electrons. The molecule has 4 atom stereocenters. The molecule has 0 spiro atoms. The van der Waals surface area contributed by atoms with Crippen molar-refractivity contribution in [3.8, 4) is 5.75 Å². The highest BCUT2D eigenvalue weighted by Gasteiger charge is 2.67. The normalized spacial score (nSPS) is 25.3. The Morgan fingerprint density at radius 2 is 1.66 bits per heavy atom. The molecule has 2 aliphatic heterocycles. The summed E-state index contributed by atoms with van der Waals surface area (Å²) in [7, 11) is 4.29. The van der Waals surface area contributed by atoms with E-state index in [0.717, 1.165) is 10.5 Å². The van der Waals surface area contributed by atoms with E-state index in [9.17, 15) is 19.2 Å². The number of carbonyl (C=O) groups excluding carboxylic acids is 4. The minimum absolute atomic E-state index is 0.110. The molecule has 3 amide bonds. The fraction of sp³-hybridized carbons (Fsp3) is 0.385. The number of ether oxygens (including phenoxy) is 2. The third-order valence-electron chi connectivity index (χ3n) is 6.86. The van der Waals surface area contributed by atoms with Gasteiger partial charge in [-0.15, -0.1) is 0 Å². The Balaban J connectivity index is 1.58. The first-order chi connectivity index (χ1) is 16.8. The number of nitrogens with one attached hydrogen (secondary N) is 1. The van der Waals surface area contributed by atoms with Crippen LogP contribution in [-0.2, 0) is 30.3 Å². The zero-order valence-corrected chi connectivity index (χ0v) is 20.0. The monoisotopic (exact) mass is 479 g/mol. The Kier molecular flexibility index (Phi) is 6.88. The molecule has 2 aromatic carbocycles. The number of likely N-dealkylation sites (N-methyl/N-ethyl adjacent to an activating group) is 1. The molecule has 0 saturated carbocycles. The van der Waals surface area contributed by atoms with E-state index in [0.29, 0.717) is 5.75 Å².